The molecule has 0 aromatic rings. The Morgan fingerprint density at radius 2 is 1.76 bits per heavy atom. The number of unbranched alkanes of at least 4 members (excludes halogenated alkanes) is 2. The molecule has 0 aromatic carbocycles. The smallest absolute Gasteiger partial charge is 0.0594 e. The third kappa shape index (κ3) is 12.2. The Kier molecular flexibility index (Phi) is 11.0. The van der Waals surface area contributed by atoms with Crippen LogP contribution in [0.4, 0.5) is 0 Å². The van der Waals surface area contributed by atoms with Crippen molar-refractivity contribution in [3.63, 3.8) is 0 Å². The molecule has 0 aliphatic rings. The molecule has 2 unspecified atom stereocenters. The van der Waals surface area contributed by atoms with Crippen molar-refractivity contribution in [2.45, 2.75) is 78.9 Å². The van der Waals surface area contributed by atoms with Gasteiger partial charge in [-0.1, -0.05) is 40.0 Å². The van der Waals surface area contributed by atoms with E-state index in [-0.39, 0.29) is 0 Å². The normalized spacial score (nSPS) is 15.2. The van der Waals surface area contributed by atoms with Crippen molar-refractivity contribution in [3.05, 3.63) is 0 Å². The second-order valence-electron chi connectivity index (χ2n) is 5.66. The summed E-state index contributed by atoms with van der Waals surface area (Å²) >= 11 is 0. The Bertz CT molecular complexity index is 159. The first-order valence-corrected chi connectivity index (χ1v) is 7.41. The summed E-state index contributed by atoms with van der Waals surface area (Å²) in [6, 6.07) is 0.630. The predicted molar refractivity (Wildman–Crippen MR) is 76.5 cm³/mol. The molecule has 2 nitrogen and oxygen atoms in total. The van der Waals surface area contributed by atoms with Gasteiger partial charge in [0.25, 0.3) is 0 Å². The van der Waals surface area contributed by atoms with E-state index in [1.54, 1.807) is 0 Å². The fourth-order valence-electron chi connectivity index (χ4n) is 2.10. The Hall–Kier alpha value is -0.0800. The summed E-state index contributed by atoms with van der Waals surface area (Å²) in [5.74, 6) is 0.728. The lowest BCUT2D eigenvalue weighted by molar-refractivity contribution is 0.0528. The molecule has 2 heteroatoms. The zero-order valence-electron chi connectivity index (χ0n) is 12.6. The molecule has 0 amide bonds. The van der Waals surface area contributed by atoms with Crippen LogP contribution in [0.25, 0.3) is 0 Å². The highest BCUT2D eigenvalue weighted by atomic mass is 16.5. The number of hydrogen-bond acceptors (Lipinski definition) is 2. The van der Waals surface area contributed by atoms with Crippen LogP contribution in [-0.4, -0.2) is 25.3 Å². The first-order chi connectivity index (χ1) is 8.06. The number of hydrogen-bond donors (Lipinski definition) is 1. The minimum absolute atomic E-state index is 0.396. The maximum Gasteiger partial charge on any atom is 0.0594 e. The molecular weight excluding hydrogens is 210 g/mol. The third-order valence-electron chi connectivity index (χ3n) is 3.04. The largest absolute Gasteiger partial charge is 0.377 e. The maximum atomic E-state index is 5.77. The zero-order chi connectivity index (χ0) is 13.1. The lowest BCUT2D eigenvalue weighted by atomic mass is 10.1. The standard InChI is InChI=1S/C15H33NO/c1-6-7-8-9-14(4)16-10-11-17-15(5)12-13(2)3/h13-16H,6-12H2,1-5H3. The molecule has 0 aliphatic heterocycles. The van der Waals surface area contributed by atoms with Gasteiger partial charge in [-0.2, -0.15) is 0 Å². The zero-order valence-corrected chi connectivity index (χ0v) is 12.6. The number of rotatable bonds is 11. The van der Waals surface area contributed by atoms with Crippen LogP contribution in [0, 0.1) is 5.92 Å². The molecule has 0 aliphatic carbocycles. The van der Waals surface area contributed by atoms with E-state index in [2.05, 4.69) is 39.9 Å². The van der Waals surface area contributed by atoms with E-state index in [0.29, 0.717) is 12.1 Å². The molecule has 0 bridgehead atoms. The average Bonchev–Trinajstić information content (AvgIpc) is 2.24. The van der Waals surface area contributed by atoms with Crippen molar-refractivity contribution in [2.24, 2.45) is 5.92 Å². The monoisotopic (exact) mass is 243 g/mol. The topological polar surface area (TPSA) is 21.3 Å². The second-order valence-corrected chi connectivity index (χ2v) is 5.66. The highest BCUT2D eigenvalue weighted by Gasteiger charge is 2.05. The summed E-state index contributed by atoms with van der Waals surface area (Å²) in [6.45, 7) is 13.0. The molecule has 0 radical (unpaired) electrons. The van der Waals surface area contributed by atoms with Crippen molar-refractivity contribution in [1.29, 1.82) is 0 Å². The predicted octanol–water partition coefficient (Wildman–Crippen LogP) is 4.00. The fraction of sp³-hybridized carbons (Fsp3) is 1.00. The van der Waals surface area contributed by atoms with Gasteiger partial charge in [-0.15, -0.1) is 0 Å². The van der Waals surface area contributed by atoms with E-state index >= 15 is 0 Å². The molecule has 1 N–H and O–H groups in total. The van der Waals surface area contributed by atoms with E-state index in [1.807, 2.05) is 0 Å². The quantitative estimate of drug-likeness (QED) is 0.554. The van der Waals surface area contributed by atoms with Crippen LogP contribution < -0.4 is 5.32 Å². The highest BCUT2D eigenvalue weighted by Crippen LogP contribution is 2.07. The molecule has 0 saturated carbocycles. The van der Waals surface area contributed by atoms with Gasteiger partial charge in [-0.05, 0) is 32.6 Å². The van der Waals surface area contributed by atoms with Crippen molar-refractivity contribution < 1.29 is 4.74 Å². The van der Waals surface area contributed by atoms with Crippen LogP contribution in [-0.2, 0) is 4.74 Å². The van der Waals surface area contributed by atoms with E-state index in [0.717, 1.165) is 25.5 Å². The summed E-state index contributed by atoms with van der Waals surface area (Å²) in [6.07, 6.45) is 6.85. The summed E-state index contributed by atoms with van der Waals surface area (Å²) in [7, 11) is 0. The number of nitrogens with one attached hydrogen (secondary N) is 1. The molecule has 0 heterocycles. The lowest BCUT2D eigenvalue weighted by Gasteiger charge is -2.17. The van der Waals surface area contributed by atoms with Crippen molar-refractivity contribution >= 4 is 0 Å². The van der Waals surface area contributed by atoms with Crippen molar-refractivity contribution in [1.82, 2.24) is 5.32 Å². The lowest BCUT2D eigenvalue weighted by Crippen LogP contribution is -2.30. The van der Waals surface area contributed by atoms with Gasteiger partial charge in [0.1, 0.15) is 0 Å². The van der Waals surface area contributed by atoms with Crippen LogP contribution in [0.3, 0.4) is 0 Å². The fourth-order valence-corrected chi connectivity index (χ4v) is 2.10. The van der Waals surface area contributed by atoms with E-state index in [9.17, 15) is 0 Å². The van der Waals surface area contributed by atoms with Gasteiger partial charge in [-0.25, -0.2) is 0 Å². The van der Waals surface area contributed by atoms with Crippen LogP contribution in [0.1, 0.15) is 66.7 Å². The molecule has 104 valence electrons. The first kappa shape index (κ1) is 16.9. The van der Waals surface area contributed by atoms with Crippen LogP contribution in [0.15, 0.2) is 0 Å². The van der Waals surface area contributed by atoms with Crippen LogP contribution >= 0.6 is 0 Å². The molecule has 2 atom stereocenters. The maximum absolute atomic E-state index is 5.77. The summed E-state index contributed by atoms with van der Waals surface area (Å²) < 4.78 is 5.77. The Morgan fingerprint density at radius 3 is 2.35 bits per heavy atom. The van der Waals surface area contributed by atoms with Crippen LogP contribution in [0.2, 0.25) is 0 Å². The molecule has 17 heavy (non-hydrogen) atoms. The highest BCUT2D eigenvalue weighted by molar-refractivity contribution is 4.61. The van der Waals surface area contributed by atoms with E-state index in [4.69, 9.17) is 4.74 Å². The third-order valence-corrected chi connectivity index (χ3v) is 3.04. The molecule has 0 saturated heterocycles. The molecule has 0 spiro atoms. The molecule has 0 aromatic heterocycles. The van der Waals surface area contributed by atoms with Crippen LogP contribution in [0.5, 0.6) is 0 Å². The van der Waals surface area contributed by atoms with Gasteiger partial charge in [0.2, 0.25) is 0 Å². The van der Waals surface area contributed by atoms with Gasteiger partial charge in [0.05, 0.1) is 12.7 Å². The Balaban J connectivity index is 3.31. The van der Waals surface area contributed by atoms with Crippen molar-refractivity contribution in [2.75, 3.05) is 13.2 Å². The molecule has 0 rings (SSSR count). The number of ether oxygens (including phenoxy) is 1. The van der Waals surface area contributed by atoms with Gasteiger partial charge < -0.3 is 10.1 Å². The Labute approximate surface area is 109 Å². The minimum Gasteiger partial charge on any atom is -0.377 e. The minimum atomic E-state index is 0.396. The molecule has 0 fully saturated rings. The van der Waals surface area contributed by atoms with Crippen molar-refractivity contribution in [3.8, 4) is 0 Å². The SMILES string of the molecule is CCCCCC(C)NCCOC(C)CC(C)C. The summed E-state index contributed by atoms with van der Waals surface area (Å²) in [4.78, 5) is 0. The van der Waals surface area contributed by atoms with Gasteiger partial charge in [-0.3, -0.25) is 0 Å². The summed E-state index contributed by atoms with van der Waals surface area (Å²) in [5.41, 5.74) is 0. The molecular formula is C15H33NO. The Morgan fingerprint density at radius 1 is 1.06 bits per heavy atom. The first-order valence-electron chi connectivity index (χ1n) is 7.41. The van der Waals surface area contributed by atoms with Gasteiger partial charge in [0.15, 0.2) is 0 Å². The van der Waals surface area contributed by atoms with Gasteiger partial charge in [0, 0.05) is 12.6 Å². The summed E-state index contributed by atoms with van der Waals surface area (Å²) in [5, 5.41) is 3.53. The van der Waals surface area contributed by atoms with E-state index < -0.39 is 0 Å². The van der Waals surface area contributed by atoms with E-state index in [1.165, 1.54) is 25.7 Å². The van der Waals surface area contributed by atoms with Gasteiger partial charge >= 0.3 is 0 Å². The average molecular weight is 243 g/mol. The second kappa shape index (κ2) is 11.0.